The second-order valence-corrected chi connectivity index (χ2v) is 3.69. The molecule has 0 amide bonds. The van der Waals surface area contributed by atoms with Crippen LogP contribution in [-0.2, 0) is 4.79 Å². The van der Waals surface area contributed by atoms with Crippen molar-refractivity contribution < 1.29 is 20.1 Å². The molecule has 4 nitrogen and oxygen atoms in total. The molecule has 2 atom stereocenters. The standard InChI is InChI=1S/C10H11ClO4/c1-5(10(14)15)9(13)6-2-3-8(12)7(11)4-6/h2-5,9,12-13H,1H3,(H,14,15). The molecular formula is C10H11ClO4. The van der Waals surface area contributed by atoms with Crippen LogP contribution in [0.2, 0.25) is 5.02 Å². The third kappa shape index (κ3) is 2.61. The van der Waals surface area contributed by atoms with Crippen molar-refractivity contribution >= 4 is 17.6 Å². The normalized spacial score (nSPS) is 14.6. The fourth-order valence-electron chi connectivity index (χ4n) is 1.13. The Morgan fingerprint density at radius 3 is 2.53 bits per heavy atom. The Bertz CT molecular complexity index is 378. The smallest absolute Gasteiger partial charge is 0.309 e. The lowest BCUT2D eigenvalue weighted by atomic mass is 9.97. The molecule has 0 saturated carbocycles. The van der Waals surface area contributed by atoms with Crippen molar-refractivity contribution in [2.24, 2.45) is 5.92 Å². The average Bonchev–Trinajstić information content (AvgIpc) is 2.19. The fraction of sp³-hybridized carbons (Fsp3) is 0.300. The molecule has 1 aromatic rings. The van der Waals surface area contributed by atoms with E-state index in [-0.39, 0.29) is 10.8 Å². The number of aliphatic carboxylic acids is 1. The third-order valence-corrected chi connectivity index (χ3v) is 2.48. The summed E-state index contributed by atoms with van der Waals surface area (Å²) in [5, 5.41) is 27.6. The molecule has 0 fully saturated rings. The van der Waals surface area contributed by atoms with Crippen LogP contribution in [0.1, 0.15) is 18.6 Å². The molecular weight excluding hydrogens is 220 g/mol. The summed E-state index contributed by atoms with van der Waals surface area (Å²) in [5.74, 6) is -2.12. The van der Waals surface area contributed by atoms with Gasteiger partial charge in [0, 0.05) is 0 Å². The fourth-order valence-corrected chi connectivity index (χ4v) is 1.32. The summed E-state index contributed by atoms with van der Waals surface area (Å²) in [5.41, 5.74) is 0.368. The molecule has 5 heteroatoms. The molecule has 3 N–H and O–H groups in total. The summed E-state index contributed by atoms with van der Waals surface area (Å²) < 4.78 is 0. The van der Waals surface area contributed by atoms with Gasteiger partial charge in [-0.05, 0) is 24.6 Å². The van der Waals surface area contributed by atoms with Gasteiger partial charge in [-0.3, -0.25) is 4.79 Å². The Labute approximate surface area is 91.7 Å². The Balaban J connectivity index is 2.96. The van der Waals surface area contributed by atoms with Gasteiger partial charge in [0.2, 0.25) is 0 Å². The first kappa shape index (κ1) is 11.8. The molecule has 0 aromatic heterocycles. The first-order valence-corrected chi connectivity index (χ1v) is 4.70. The summed E-state index contributed by atoms with van der Waals surface area (Å²) in [6.07, 6.45) is -1.14. The van der Waals surface area contributed by atoms with E-state index in [4.69, 9.17) is 21.8 Å². The Kier molecular flexibility index (Phi) is 3.55. The van der Waals surface area contributed by atoms with Crippen molar-refractivity contribution in [2.45, 2.75) is 13.0 Å². The zero-order chi connectivity index (χ0) is 11.6. The van der Waals surface area contributed by atoms with Gasteiger partial charge in [-0.25, -0.2) is 0 Å². The minimum absolute atomic E-state index is 0.0872. The number of aliphatic hydroxyl groups is 1. The molecule has 82 valence electrons. The number of carboxylic acids is 1. The maximum atomic E-state index is 10.6. The highest BCUT2D eigenvalue weighted by Gasteiger charge is 2.23. The van der Waals surface area contributed by atoms with Gasteiger partial charge in [0.25, 0.3) is 0 Å². The van der Waals surface area contributed by atoms with Crippen LogP contribution in [-0.4, -0.2) is 21.3 Å². The minimum Gasteiger partial charge on any atom is -0.506 e. The molecule has 0 bridgehead atoms. The van der Waals surface area contributed by atoms with E-state index >= 15 is 0 Å². The predicted molar refractivity (Wildman–Crippen MR) is 54.9 cm³/mol. The van der Waals surface area contributed by atoms with E-state index in [0.29, 0.717) is 5.56 Å². The molecule has 0 aliphatic rings. The van der Waals surface area contributed by atoms with Gasteiger partial charge in [0.05, 0.1) is 17.0 Å². The lowest BCUT2D eigenvalue weighted by Crippen LogP contribution is -2.18. The largest absolute Gasteiger partial charge is 0.506 e. The Hall–Kier alpha value is -1.26. The molecule has 1 rings (SSSR count). The van der Waals surface area contributed by atoms with E-state index in [0.717, 1.165) is 0 Å². The van der Waals surface area contributed by atoms with E-state index in [1.807, 2.05) is 0 Å². The second-order valence-electron chi connectivity index (χ2n) is 3.28. The van der Waals surface area contributed by atoms with Crippen LogP contribution in [0.15, 0.2) is 18.2 Å². The number of phenols is 1. The predicted octanol–water partition coefficient (Wildman–Crippen LogP) is 1.80. The maximum absolute atomic E-state index is 10.6. The number of halogens is 1. The number of hydrogen-bond donors (Lipinski definition) is 3. The Morgan fingerprint density at radius 2 is 2.07 bits per heavy atom. The molecule has 0 aliphatic heterocycles. The monoisotopic (exact) mass is 230 g/mol. The molecule has 1 aromatic carbocycles. The van der Waals surface area contributed by atoms with E-state index in [1.165, 1.54) is 25.1 Å². The number of rotatable bonds is 3. The number of aliphatic hydroxyl groups excluding tert-OH is 1. The highest BCUT2D eigenvalue weighted by atomic mass is 35.5. The highest BCUT2D eigenvalue weighted by Crippen LogP contribution is 2.29. The molecule has 0 heterocycles. The summed E-state index contributed by atoms with van der Waals surface area (Å²) in [6.45, 7) is 1.40. The second kappa shape index (κ2) is 4.51. The third-order valence-electron chi connectivity index (χ3n) is 2.18. The van der Waals surface area contributed by atoms with E-state index in [1.54, 1.807) is 0 Å². The van der Waals surface area contributed by atoms with Gasteiger partial charge in [-0.2, -0.15) is 0 Å². The van der Waals surface area contributed by atoms with Crippen LogP contribution in [0.25, 0.3) is 0 Å². The molecule has 0 spiro atoms. The summed E-state index contributed by atoms with van der Waals surface area (Å²) in [4.78, 5) is 10.6. The lowest BCUT2D eigenvalue weighted by molar-refractivity contribution is -0.145. The van der Waals surface area contributed by atoms with Crippen molar-refractivity contribution in [3.63, 3.8) is 0 Å². The van der Waals surface area contributed by atoms with E-state index in [9.17, 15) is 9.90 Å². The van der Waals surface area contributed by atoms with Crippen LogP contribution in [0.4, 0.5) is 0 Å². The maximum Gasteiger partial charge on any atom is 0.309 e. The minimum atomic E-state index is -1.14. The summed E-state index contributed by atoms with van der Waals surface area (Å²) >= 11 is 5.63. The molecule has 0 aliphatic carbocycles. The molecule has 2 unspecified atom stereocenters. The summed E-state index contributed by atoms with van der Waals surface area (Å²) in [6, 6.07) is 4.10. The molecule has 0 radical (unpaired) electrons. The highest BCUT2D eigenvalue weighted by molar-refractivity contribution is 6.32. The zero-order valence-corrected chi connectivity index (χ0v) is 8.77. The van der Waals surface area contributed by atoms with Gasteiger partial charge in [-0.1, -0.05) is 17.7 Å². The zero-order valence-electron chi connectivity index (χ0n) is 8.01. The quantitative estimate of drug-likeness (QED) is 0.740. The molecule has 15 heavy (non-hydrogen) atoms. The van der Waals surface area contributed by atoms with Crippen LogP contribution >= 0.6 is 11.6 Å². The Morgan fingerprint density at radius 1 is 1.47 bits per heavy atom. The van der Waals surface area contributed by atoms with Crippen molar-refractivity contribution in [1.82, 2.24) is 0 Å². The van der Waals surface area contributed by atoms with Gasteiger partial charge in [0.15, 0.2) is 0 Å². The van der Waals surface area contributed by atoms with Crippen LogP contribution in [0.5, 0.6) is 5.75 Å². The number of aromatic hydroxyl groups is 1. The van der Waals surface area contributed by atoms with Gasteiger partial charge in [-0.15, -0.1) is 0 Å². The van der Waals surface area contributed by atoms with Crippen molar-refractivity contribution in [2.75, 3.05) is 0 Å². The van der Waals surface area contributed by atoms with Gasteiger partial charge < -0.3 is 15.3 Å². The number of phenolic OH excluding ortho intramolecular Hbond substituents is 1. The summed E-state index contributed by atoms with van der Waals surface area (Å²) in [7, 11) is 0. The van der Waals surface area contributed by atoms with E-state index < -0.39 is 18.0 Å². The SMILES string of the molecule is CC(C(=O)O)C(O)c1ccc(O)c(Cl)c1. The van der Waals surface area contributed by atoms with E-state index in [2.05, 4.69) is 0 Å². The number of benzene rings is 1. The first-order chi connectivity index (χ1) is 6.93. The first-order valence-electron chi connectivity index (χ1n) is 4.32. The van der Waals surface area contributed by atoms with Crippen molar-refractivity contribution in [3.8, 4) is 5.75 Å². The van der Waals surface area contributed by atoms with Crippen molar-refractivity contribution in [1.29, 1.82) is 0 Å². The van der Waals surface area contributed by atoms with Crippen LogP contribution in [0.3, 0.4) is 0 Å². The van der Waals surface area contributed by atoms with Crippen LogP contribution < -0.4 is 0 Å². The average molecular weight is 231 g/mol. The van der Waals surface area contributed by atoms with Crippen molar-refractivity contribution in [3.05, 3.63) is 28.8 Å². The molecule has 0 saturated heterocycles. The number of carboxylic acid groups (broad SMARTS) is 1. The number of carbonyl (C=O) groups is 1. The van der Waals surface area contributed by atoms with Gasteiger partial charge in [0.1, 0.15) is 5.75 Å². The van der Waals surface area contributed by atoms with Gasteiger partial charge >= 0.3 is 5.97 Å². The number of hydrogen-bond acceptors (Lipinski definition) is 3. The topological polar surface area (TPSA) is 77.8 Å². The van der Waals surface area contributed by atoms with Crippen LogP contribution in [0, 0.1) is 5.92 Å². The lowest BCUT2D eigenvalue weighted by Gasteiger charge is -2.15.